The van der Waals surface area contributed by atoms with Crippen LogP contribution in [0.15, 0.2) is 24.3 Å². The van der Waals surface area contributed by atoms with E-state index in [4.69, 9.17) is 5.11 Å². The lowest BCUT2D eigenvalue weighted by molar-refractivity contribution is -0.274. The van der Waals surface area contributed by atoms with Crippen molar-refractivity contribution >= 4 is 21.7 Å². The maximum absolute atomic E-state index is 12.0. The van der Waals surface area contributed by atoms with Gasteiger partial charge in [-0.2, -0.15) is 0 Å². The predicted octanol–water partition coefficient (Wildman–Crippen LogP) is 1.83. The standard InChI is InChI=1S/C11H12F3NO5S/c1-2-21(18,19)15(7-10(16)17)8-3-5-9(6-4-8)20-11(12,13)14/h3-6H,2,7H2,1H3,(H,16,17). The molecule has 0 amide bonds. The average Bonchev–Trinajstić information content (AvgIpc) is 2.35. The number of anilines is 1. The summed E-state index contributed by atoms with van der Waals surface area (Å²) in [5, 5.41) is 8.73. The van der Waals surface area contributed by atoms with E-state index in [-0.39, 0.29) is 11.4 Å². The van der Waals surface area contributed by atoms with E-state index >= 15 is 0 Å². The Morgan fingerprint density at radius 1 is 1.29 bits per heavy atom. The molecule has 0 atom stereocenters. The minimum atomic E-state index is -4.86. The van der Waals surface area contributed by atoms with Gasteiger partial charge in [0.15, 0.2) is 0 Å². The SMILES string of the molecule is CCS(=O)(=O)N(CC(=O)O)c1ccc(OC(F)(F)F)cc1. The molecule has 0 aromatic heterocycles. The molecule has 0 bridgehead atoms. The normalized spacial score (nSPS) is 12.0. The highest BCUT2D eigenvalue weighted by molar-refractivity contribution is 7.92. The van der Waals surface area contributed by atoms with Crippen molar-refractivity contribution in [2.75, 3.05) is 16.6 Å². The van der Waals surface area contributed by atoms with Crippen molar-refractivity contribution in [2.24, 2.45) is 0 Å². The van der Waals surface area contributed by atoms with E-state index in [1.54, 1.807) is 0 Å². The predicted molar refractivity (Wildman–Crippen MR) is 67.6 cm³/mol. The number of carbonyl (C=O) groups is 1. The fourth-order valence-electron chi connectivity index (χ4n) is 1.44. The number of hydrogen-bond donors (Lipinski definition) is 1. The lowest BCUT2D eigenvalue weighted by Gasteiger charge is -2.22. The summed E-state index contributed by atoms with van der Waals surface area (Å²) in [4.78, 5) is 10.7. The van der Waals surface area contributed by atoms with Crippen molar-refractivity contribution in [3.63, 3.8) is 0 Å². The Hall–Kier alpha value is -1.97. The van der Waals surface area contributed by atoms with Crippen LogP contribution in [0.5, 0.6) is 5.75 Å². The number of carboxylic acid groups (broad SMARTS) is 1. The van der Waals surface area contributed by atoms with Gasteiger partial charge in [0.2, 0.25) is 10.0 Å². The number of benzene rings is 1. The van der Waals surface area contributed by atoms with Crippen molar-refractivity contribution in [2.45, 2.75) is 13.3 Å². The third-order valence-electron chi connectivity index (χ3n) is 2.34. The zero-order valence-corrected chi connectivity index (χ0v) is 11.6. The second-order valence-corrected chi connectivity index (χ2v) is 6.02. The number of ether oxygens (including phenoxy) is 1. The molecule has 0 aliphatic heterocycles. The Kier molecular flexibility index (Phi) is 5.05. The van der Waals surface area contributed by atoms with Crippen LogP contribution in [-0.4, -0.2) is 38.2 Å². The van der Waals surface area contributed by atoms with E-state index in [0.717, 1.165) is 24.3 Å². The molecule has 21 heavy (non-hydrogen) atoms. The zero-order chi connectivity index (χ0) is 16.3. The van der Waals surface area contributed by atoms with Crippen LogP contribution in [-0.2, 0) is 14.8 Å². The number of carboxylic acids is 1. The Labute approximate surface area is 118 Å². The molecule has 1 aromatic carbocycles. The average molecular weight is 327 g/mol. The Balaban J connectivity index is 3.07. The number of rotatable bonds is 6. The molecule has 0 aliphatic carbocycles. The lowest BCUT2D eigenvalue weighted by atomic mass is 10.3. The van der Waals surface area contributed by atoms with Gasteiger partial charge in [0, 0.05) is 0 Å². The molecule has 0 unspecified atom stereocenters. The smallest absolute Gasteiger partial charge is 0.480 e. The quantitative estimate of drug-likeness (QED) is 0.862. The van der Waals surface area contributed by atoms with Gasteiger partial charge in [-0.1, -0.05) is 0 Å². The monoisotopic (exact) mass is 327 g/mol. The number of nitrogens with zero attached hydrogens (tertiary/aromatic N) is 1. The van der Waals surface area contributed by atoms with Crippen molar-refractivity contribution < 1.29 is 36.2 Å². The highest BCUT2D eigenvalue weighted by Crippen LogP contribution is 2.26. The summed E-state index contributed by atoms with van der Waals surface area (Å²) in [5.74, 6) is -2.26. The molecule has 1 N–H and O–H groups in total. The minimum absolute atomic E-state index is 0.0613. The van der Waals surface area contributed by atoms with Crippen LogP contribution in [0.3, 0.4) is 0 Å². The van der Waals surface area contributed by atoms with Crippen LogP contribution in [0.4, 0.5) is 18.9 Å². The van der Waals surface area contributed by atoms with Crippen molar-refractivity contribution in [1.29, 1.82) is 0 Å². The highest BCUT2D eigenvalue weighted by Gasteiger charge is 2.31. The summed E-state index contributed by atoms with van der Waals surface area (Å²) in [6.45, 7) is 0.501. The van der Waals surface area contributed by atoms with Crippen LogP contribution in [0.2, 0.25) is 0 Å². The maximum atomic E-state index is 12.0. The third-order valence-corrected chi connectivity index (χ3v) is 4.08. The highest BCUT2D eigenvalue weighted by atomic mass is 32.2. The summed E-state index contributed by atoms with van der Waals surface area (Å²) in [5.41, 5.74) is -0.0613. The largest absolute Gasteiger partial charge is 0.573 e. The summed E-state index contributed by atoms with van der Waals surface area (Å²) in [7, 11) is -3.87. The first-order valence-corrected chi connectivity index (χ1v) is 7.24. The van der Waals surface area contributed by atoms with E-state index in [2.05, 4.69) is 4.74 Å². The van der Waals surface area contributed by atoms with E-state index < -0.39 is 34.6 Å². The molecular weight excluding hydrogens is 315 g/mol. The van der Waals surface area contributed by atoms with E-state index in [1.165, 1.54) is 6.92 Å². The molecule has 0 spiro atoms. The van der Waals surface area contributed by atoms with Crippen LogP contribution in [0, 0.1) is 0 Å². The molecule has 0 saturated carbocycles. The van der Waals surface area contributed by atoms with Crippen molar-refractivity contribution in [3.05, 3.63) is 24.3 Å². The van der Waals surface area contributed by atoms with Gasteiger partial charge < -0.3 is 9.84 Å². The van der Waals surface area contributed by atoms with Gasteiger partial charge in [-0.05, 0) is 31.2 Å². The number of alkyl halides is 3. The molecule has 1 rings (SSSR count). The van der Waals surface area contributed by atoms with E-state index in [9.17, 15) is 26.4 Å². The molecule has 0 aliphatic rings. The molecule has 6 nitrogen and oxygen atoms in total. The number of halogens is 3. The van der Waals surface area contributed by atoms with Crippen LogP contribution < -0.4 is 9.04 Å². The molecule has 0 radical (unpaired) electrons. The van der Waals surface area contributed by atoms with Gasteiger partial charge in [-0.25, -0.2) is 8.42 Å². The van der Waals surface area contributed by atoms with Gasteiger partial charge in [-0.3, -0.25) is 9.10 Å². The van der Waals surface area contributed by atoms with Crippen LogP contribution in [0.1, 0.15) is 6.92 Å². The Morgan fingerprint density at radius 3 is 2.19 bits per heavy atom. The summed E-state index contributed by atoms with van der Waals surface area (Å²) in [6, 6.07) is 3.89. The van der Waals surface area contributed by atoms with Crippen molar-refractivity contribution in [3.8, 4) is 5.75 Å². The fourth-order valence-corrected chi connectivity index (χ4v) is 2.50. The second kappa shape index (κ2) is 6.20. The van der Waals surface area contributed by atoms with Gasteiger partial charge in [-0.15, -0.1) is 13.2 Å². The lowest BCUT2D eigenvalue weighted by Crippen LogP contribution is -2.36. The molecule has 118 valence electrons. The first kappa shape index (κ1) is 17.1. The van der Waals surface area contributed by atoms with Crippen LogP contribution >= 0.6 is 0 Å². The minimum Gasteiger partial charge on any atom is -0.480 e. The third kappa shape index (κ3) is 5.14. The topological polar surface area (TPSA) is 83.9 Å². The molecular formula is C11H12F3NO5S. The summed E-state index contributed by atoms with van der Waals surface area (Å²) >= 11 is 0. The first-order chi connectivity index (χ1) is 9.55. The first-order valence-electron chi connectivity index (χ1n) is 5.63. The second-order valence-electron chi connectivity index (χ2n) is 3.84. The van der Waals surface area contributed by atoms with E-state index in [0.29, 0.717) is 4.31 Å². The van der Waals surface area contributed by atoms with Crippen molar-refractivity contribution in [1.82, 2.24) is 0 Å². The van der Waals surface area contributed by atoms with Gasteiger partial charge in [0.25, 0.3) is 0 Å². The number of hydrogen-bond acceptors (Lipinski definition) is 4. The molecule has 1 aromatic rings. The van der Waals surface area contributed by atoms with Crippen LogP contribution in [0.25, 0.3) is 0 Å². The molecule has 0 saturated heterocycles. The molecule has 0 heterocycles. The summed E-state index contributed by atoms with van der Waals surface area (Å²) in [6.07, 6.45) is -4.86. The van der Waals surface area contributed by atoms with E-state index in [1.807, 2.05) is 0 Å². The van der Waals surface area contributed by atoms with Gasteiger partial charge in [0.05, 0.1) is 11.4 Å². The molecule has 10 heteroatoms. The summed E-state index contributed by atoms with van der Waals surface area (Å²) < 4.78 is 63.9. The number of sulfonamides is 1. The maximum Gasteiger partial charge on any atom is 0.573 e. The fraction of sp³-hybridized carbons (Fsp3) is 0.364. The molecule has 0 fully saturated rings. The van der Waals surface area contributed by atoms with Gasteiger partial charge >= 0.3 is 12.3 Å². The Bertz CT molecular complexity index is 597. The van der Waals surface area contributed by atoms with Gasteiger partial charge in [0.1, 0.15) is 12.3 Å². The zero-order valence-electron chi connectivity index (χ0n) is 10.8. The number of aliphatic carboxylic acids is 1. The Morgan fingerprint density at radius 2 is 1.81 bits per heavy atom.